The second kappa shape index (κ2) is 21.6. The van der Waals surface area contributed by atoms with E-state index in [2.05, 4.69) is 25.7 Å². The molecule has 19 heteroatoms. The van der Waals surface area contributed by atoms with Gasteiger partial charge in [0.05, 0.1) is 19.3 Å². The van der Waals surface area contributed by atoms with Crippen molar-refractivity contribution in [2.45, 2.75) is 120 Å². The molecule has 4 fully saturated rings. The Bertz CT molecular complexity index is 1560. The summed E-state index contributed by atoms with van der Waals surface area (Å²) in [6, 6.07) is 3.04. The number of aliphatic hydroxyl groups is 1. The third kappa shape index (κ3) is 13.6. The zero-order valence-corrected chi connectivity index (χ0v) is 32.4. The van der Waals surface area contributed by atoms with Gasteiger partial charge in [-0.15, -0.1) is 5.06 Å². The van der Waals surface area contributed by atoms with Crippen molar-refractivity contribution in [1.29, 1.82) is 0 Å². The summed E-state index contributed by atoms with van der Waals surface area (Å²) in [5.74, 6) is -6.69. The summed E-state index contributed by atoms with van der Waals surface area (Å²) in [5, 5.41) is 19.9. The SMILES string of the molecule is O=C1CCC[C@H](CN2CCOCC2)OC(=O)[C@H](O)[C@H](CC2CCCCC2)NC(=O)[C@@H](NC(=O)[C@H](Cc2ccccc2)NC(=O)[C@H]2CCCN2OC(=O)C(F)(F)F)CO1. The normalized spacial score (nSPS) is 27.0. The minimum Gasteiger partial charge on any atom is -0.463 e. The van der Waals surface area contributed by atoms with Gasteiger partial charge >= 0.3 is 24.1 Å². The Morgan fingerprint density at radius 2 is 1.67 bits per heavy atom. The van der Waals surface area contributed by atoms with Crippen molar-refractivity contribution >= 4 is 35.6 Å². The first kappa shape index (κ1) is 44.8. The van der Waals surface area contributed by atoms with E-state index in [1.165, 1.54) is 0 Å². The van der Waals surface area contributed by atoms with Gasteiger partial charge in [0.2, 0.25) is 17.7 Å². The Morgan fingerprint density at radius 3 is 2.38 bits per heavy atom. The number of rotatable bonds is 11. The van der Waals surface area contributed by atoms with E-state index in [1.807, 2.05) is 0 Å². The number of morpholine rings is 1. The van der Waals surface area contributed by atoms with E-state index in [0.717, 1.165) is 32.1 Å². The molecule has 5 rings (SSSR count). The number of cyclic esters (lactones) is 2. The molecule has 6 atom stereocenters. The summed E-state index contributed by atoms with van der Waals surface area (Å²) in [5.41, 5.74) is 0.581. The van der Waals surface area contributed by atoms with Gasteiger partial charge in [-0.3, -0.25) is 24.1 Å². The van der Waals surface area contributed by atoms with Crippen molar-refractivity contribution in [3.8, 4) is 0 Å². The first-order valence-corrected chi connectivity index (χ1v) is 20.1. The van der Waals surface area contributed by atoms with Gasteiger partial charge in [-0.05, 0) is 43.6 Å². The molecule has 0 unspecified atom stereocenters. The summed E-state index contributed by atoms with van der Waals surface area (Å²) in [6.07, 6.45) is -2.33. The number of amides is 3. The van der Waals surface area contributed by atoms with Gasteiger partial charge in [-0.25, -0.2) is 9.59 Å². The first-order valence-electron chi connectivity index (χ1n) is 20.1. The van der Waals surface area contributed by atoms with Crippen LogP contribution in [0.15, 0.2) is 30.3 Å². The molecule has 16 nitrogen and oxygen atoms in total. The van der Waals surface area contributed by atoms with Crippen LogP contribution in [0.2, 0.25) is 0 Å². The summed E-state index contributed by atoms with van der Waals surface area (Å²) in [6.45, 7) is 1.87. The number of aliphatic hydroxyl groups excluding tert-OH is 1. The molecular weight excluding hydrogens is 771 g/mol. The van der Waals surface area contributed by atoms with Gasteiger partial charge in [-0.1, -0.05) is 62.4 Å². The van der Waals surface area contributed by atoms with Gasteiger partial charge in [0.25, 0.3) is 0 Å². The number of esters is 2. The average molecular weight is 826 g/mol. The fourth-order valence-electron chi connectivity index (χ4n) is 7.76. The van der Waals surface area contributed by atoms with Crippen LogP contribution in [-0.4, -0.2) is 139 Å². The summed E-state index contributed by atoms with van der Waals surface area (Å²) >= 11 is 0. The highest BCUT2D eigenvalue weighted by Crippen LogP contribution is 2.29. The lowest BCUT2D eigenvalue weighted by Gasteiger charge is -2.33. The Kier molecular flexibility index (Phi) is 16.7. The molecule has 3 aliphatic heterocycles. The zero-order valence-electron chi connectivity index (χ0n) is 32.4. The van der Waals surface area contributed by atoms with E-state index < -0.39 is 84.8 Å². The highest BCUT2D eigenvalue weighted by molar-refractivity contribution is 5.94. The smallest absolute Gasteiger partial charge is 0.463 e. The highest BCUT2D eigenvalue weighted by Gasteiger charge is 2.46. The van der Waals surface area contributed by atoms with Crippen molar-refractivity contribution in [3.63, 3.8) is 0 Å². The van der Waals surface area contributed by atoms with E-state index in [9.17, 15) is 47.0 Å². The van der Waals surface area contributed by atoms with Crippen molar-refractivity contribution in [2.24, 2.45) is 5.92 Å². The summed E-state index contributed by atoms with van der Waals surface area (Å²) in [4.78, 5) is 86.2. The number of halogens is 3. The average Bonchev–Trinajstić information content (AvgIpc) is 3.67. The maximum absolute atomic E-state index is 14.1. The monoisotopic (exact) mass is 825 g/mol. The molecule has 3 heterocycles. The Labute approximate surface area is 334 Å². The molecule has 1 aromatic carbocycles. The van der Waals surface area contributed by atoms with Gasteiger partial charge in [0.15, 0.2) is 6.10 Å². The third-order valence-corrected chi connectivity index (χ3v) is 10.9. The number of ether oxygens (including phenoxy) is 3. The molecule has 4 N–H and O–H groups in total. The zero-order chi connectivity index (χ0) is 41.7. The van der Waals surface area contributed by atoms with Crippen LogP contribution >= 0.6 is 0 Å². The predicted octanol–water partition coefficient (Wildman–Crippen LogP) is 1.47. The maximum atomic E-state index is 14.1. The van der Waals surface area contributed by atoms with E-state index in [0.29, 0.717) is 49.9 Å². The maximum Gasteiger partial charge on any atom is 0.492 e. The van der Waals surface area contributed by atoms with Crippen LogP contribution in [0.25, 0.3) is 0 Å². The lowest BCUT2D eigenvalue weighted by molar-refractivity contribution is -0.240. The number of nitrogens with zero attached hydrogens (tertiary/aromatic N) is 2. The van der Waals surface area contributed by atoms with Crippen LogP contribution in [0.4, 0.5) is 13.2 Å². The number of hydrogen-bond acceptors (Lipinski definition) is 13. The minimum absolute atomic E-state index is 0.0265. The second-order valence-electron chi connectivity index (χ2n) is 15.3. The fourth-order valence-corrected chi connectivity index (χ4v) is 7.76. The lowest BCUT2D eigenvalue weighted by Crippen LogP contribution is -2.60. The standard InChI is InChI=1S/C39H54F3N5O11/c40-39(41,42)38(54)58-47-16-8-14-31(47)36(52)44-29(22-26-11-5-2-6-12-26)34(50)45-30-24-56-32(48)15-7-13-27(23-46-17-19-55-20-18-46)57-37(53)33(49)28(43-35(30)51)21-25-9-3-1-4-10-25/h2,5-6,11-12,25,27-31,33,49H,1,3-4,7-10,13-24H2,(H,43,51)(H,44,52)(H,45,50)/t27-,28+,29+,30+,31-,33-/m1/s1. The molecule has 0 radical (unpaired) electrons. The van der Waals surface area contributed by atoms with E-state index in [1.54, 1.807) is 30.3 Å². The molecule has 3 amide bonds. The largest absolute Gasteiger partial charge is 0.492 e. The molecule has 1 aromatic rings. The molecule has 0 aromatic heterocycles. The van der Waals surface area contributed by atoms with E-state index >= 15 is 0 Å². The number of hydrogen-bond donors (Lipinski definition) is 4. The van der Waals surface area contributed by atoms with Crippen LogP contribution in [-0.2, 0) is 54.2 Å². The Balaban J connectivity index is 1.34. The number of carbonyl (C=O) groups excluding carboxylic acids is 6. The molecule has 1 saturated carbocycles. The minimum atomic E-state index is -5.30. The second-order valence-corrected chi connectivity index (χ2v) is 15.3. The molecular formula is C39H54F3N5O11. The van der Waals surface area contributed by atoms with Crippen LogP contribution in [0.5, 0.6) is 0 Å². The van der Waals surface area contributed by atoms with E-state index in [4.69, 9.17) is 14.2 Å². The number of hydroxylamine groups is 2. The lowest BCUT2D eigenvalue weighted by atomic mass is 9.83. The van der Waals surface area contributed by atoms with Gasteiger partial charge in [-0.2, -0.15) is 13.2 Å². The molecule has 4 aliphatic rings. The van der Waals surface area contributed by atoms with Crippen LogP contribution in [0, 0.1) is 5.92 Å². The Morgan fingerprint density at radius 1 is 0.948 bits per heavy atom. The van der Waals surface area contributed by atoms with Crippen molar-refractivity contribution < 1.29 is 66.1 Å². The molecule has 1 aliphatic carbocycles. The van der Waals surface area contributed by atoms with E-state index in [-0.39, 0.29) is 51.0 Å². The number of benzene rings is 1. The van der Waals surface area contributed by atoms with Gasteiger partial charge in [0, 0.05) is 39.0 Å². The predicted molar refractivity (Wildman–Crippen MR) is 197 cm³/mol. The molecule has 3 saturated heterocycles. The van der Waals surface area contributed by atoms with Gasteiger partial charge in [0.1, 0.15) is 30.8 Å². The third-order valence-electron chi connectivity index (χ3n) is 10.9. The Hall–Kier alpha value is -4.33. The fraction of sp³-hybridized carbons (Fsp3) is 0.692. The first-order chi connectivity index (χ1) is 27.8. The molecule has 0 spiro atoms. The van der Waals surface area contributed by atoms with Crippen LogP contribution < -0.4 is 16.0 Å². The quantitative estimate of drug-likeness (QED) is 0.234. The molecule has 322 valence electrons. The highest BCUT2D eigenvalue weighted by atomic mass is 19.4. The summed E-state index contributed by atoms with van der Waals surface area (Å²) in [7, 11) is 0. The number of carbonyl (C=O) groups is 6. The number of nitrogens with one attached hydrogen (secondary N) is 3. The molecule has 0 bridgehead atoms. The van der Waals surface area contributed by atoms with Gasteiger partial charge < -0.3 is 40.1 Å². The topological polar surface area (TPSA) is 202 Å². The van der Waals surface area contributed by atoms with Crippen LogP contribution in [0.1, 0.15) is 76.2 Å². The van der Waals surface area contributed by atoms with Crippen LogP contribution in [0.3, 0.4) is 0 Å². The van der Waals surface area contributed by atoms with Crippen molar-refractivity contribution in [2.75, 3.05) is 46.0 Å². The summed E-state index contributed by atoms with van der Waals surface area (Å²) < 4.78 is 55.6. The number of alkyl halides is 3. The molecule has 58 heavy (non-hydrogen) atoms. The van der Waals surface area contributed by atoms with Crippen molar-refractivity contribution in [3.05, 3.63) is 35.9 Å². The van der Waals surface area contributed by atoms with Crippen molar-refractivity contribution in [1.82, 2.24) is 25.9 Å².